The van der Waals surface area contributed by atoms with Crippen LogP contribution in [0.2, 0.25) is 0 Å². The fourth-order valence-electron chi connectivity index (χ4n) is 3.54. The largest absolute Gasteiger partial charge is 0.345 e. The number of nitrogens with zero attached hydrogens (tertiary/aromatic N) is 2. The van der Waals surface area contributed by atoms with Gasteiger partial charge in [-0.05, 0) is 45.7 Å². The average Bonchev–Trinajstić information content (AvgIpc) is 2.86. The fourth-order valence-corrected chi connectivity index (χ4v) is 3.54. The van der Waals surface area contributed by atoms with Crippen molar-refractivity contribution in [3.05, 3.63) is 0 Å². The second kappa shape index (κ2) is 5.17. The van der Waals surface area contributed by atoms with Gasteiger partial charge in [-0.25, -0.2) is 0 Å². The fraction of sp³-hybridized carbons (Fsp3) is 0.929. The summed E-state index contributed by atoms with van der Waals surface area (Å²) in [5.41, 5.74) is 5.81. The molecule has 0 radical (unpaired) electrons. The molecule has 1 saturated heterocycles. The lowest BCUT2D eigenvalue weighted by Gasteiger charge is -2.33. The van der Waals surface area contributed by atoms with Gasteiger partial charge >= 0.3 is 0 Å². The van der Waals surface area contributed by atoms with E-state index in [9.17, 15) is 4.79 Å². The van der Waals surface area contributed by atoms with Crippen molar-refractivity contribution in [3.8, 4) is 0 Å². The van der Waals surface area contributed by atoms with E-state index in [1.165, 1.54) is 6.42 Å². The van der Waals surface area contributed by atoms with Crippen LogP contribution in [0.4, 0.5) is 0 Å². The normalized spacial score (nSPS) is 37.1. The molecule has 2 aliphatic rings. The average molecular weight is 253 g/mol. The second-order valence-corrected chi connectivity index (χ2v) is 6.52. The number of carbonyl (C=O) groups is 1. The van der Waals surface area contributed by atoms with Gasteiger partial charge in [0.2, 0.25) is 5.91 Å². The molecule has 104 valence electrons. The molecule has 0 aromatic carbocycles. The van der Waals surface area contributed by atoms with Crippen molar-refractivity contribution in [2.45, 2.75) is 38.6 Å². The lowest BCUT2D eigenvalue weighted by Crippen LogP contribution is -2.49. The zero-order valence-electron chi connectivity index (χ0n) is 12.0. The number of likely N-dealkylation sites (tertiary alicyclic amines) is 1. The SMILES string of the molecule is CN1CCC(CN(C)C(=O)C2(C)CCCC2N)C1. The summed E-state index contributed by atoms with van der Waals surface area (Å²) >= 11 is 0. The summed E-state index contributed by atoms with van der Waals surface area (Å²) < 4.78 is 0. The Kier molecular flexibility index (Phi) is 3.97. The maximum absolute atomic E-state index is 12.6. The number of nitrogens with two attached hydrogens (primary N) is 1. The van der Waals surface area contributed by atoms with Crippen molar-refractivity contribution in [2.24, 2.45) is 17.1 Å². The van der Waals surface area contributed by atoms with Crippen molar-refractivity contribution < 1.29 is 4.79 Å². The van der Waals surface area contributed by atoms with Crippen LogP contribution in [-0.4, -0.2) is 55.5 Å². The Morgan fingerprint density at radius 2 is 2.22 bits per heavy atom. The number of hydrogen-bond donors (Lipinski definition) is 1. The Labute approximate surface area is 110 Å². The van der Waals surface area contributed by atoms with Gasteiger partial charge in [-0.15, -0.1) is 0 Å². The molecule has 4 nitrogen and oxygen atoms in total. The van der Waals surface area contributed by atoms with Crippen LogP contribution < -0.4 is 5.73 Å². The quantitative estimate of drug-likeness (QED) is 0.813. The van der Waals surface area contributed by atoms with E-state index in [1.54, 1.807) is 0 Å². The van der Waals surface area contributed by atoms with Gasteiger partial charge in [0.1, 0.15) is 0 Å². The van der Waals surface area contributed by atoms with Crippen molar-refractivity contribution in [3.63, 3.8) is 0 Å². The first kappa shape index (κ1) is 13.8. The monoisotopic (exact) mass is 253 g/mol. The third kappa shape index (κ3) is 2.54. The summed E-state index contributed by atoms with van der Waals surface area (Å²) in [5, 5.41) is 0. The third-order valence-corrected chi connectivity index (χ3v) is 4.89. The molecule has 2 rings (SSSR count). The Bertz CT molecular complexity index is 320. The molecule has 2 N–H and O–H groups in total. The van der Waals surface area contributed by atoms with E-state index < -0.39 is 0 Å². The van der Waals surface area contributed by atoms with Gasteiger partial charge in [0.05, 0.1) is 5.41 Å². The van der Waals surface area contributed by atoms with E-state index in [2.05, 4.69) is 11.9 Å². The molecule has 1 saturated carbocycles. The Morgan fingerprint density at radius 1 is 1.50 bits per heavy atom. The van der Waals surface area contributed by atoms with E-state index in [4.69, 9.17) is 5.73 Å². The second-order valence-electron chi connectivity index (χ2n) is 6.52. The van der Waals surface area contributed by atoms with Crippen LogP contribution in [0.1, 0.15) is 32.6 Å². The molecule has 1 heterocycles. The Hall–Kier alpha value is -0.610. The van der Waals surface area contributed by atoms with Gasteiger partial charge in [0.25, 0.3) is 0 Å². The molecule has 1 amide bonds. The van der Waals surface area contributed by atoms with Gasteiger partial charge in [-0.1, -0.05) is 6.42 Å². The highest BCUT2D eigenvalue weighted by molar-refractivity contribution is 5.83. The number of hydrogen-bond acceptors (Lipinski definition) is 3. The highest BCUT2D eigenvalue weighted by Gasteiger charge is 2.44. The summed E-state index contributed by atoms with van der Waals surface area (Å²) in [7, 11) is 4.09. The Balaban J connectivity index is 1.92. The maximum atomic E-state index is 12.6. The molecule has 1 aliphatic heterocycles. The summed E-state index contributed by atoms with van der Waals surface area (Å²) in [6.07, 6.45) is 4.23. The molecule has 0 aromatic rings. The molecule has 0 aromatic heterocycles. The van der Waals surface area contributed by atoms with Crippen molar-refractivity contribution in [2.75, 3.05) is 33.7 Å². The van der Waals surface area contributed by atoms with Gasteiger partial charge in [-0.2, -0.15) is 0 Å². The predicted molar refractivity (Wildman–Crippen MR) is 73.2 cm³/mol. The minimum Gasteiger partial charge on any atom is -0.345 e. The number of carbonyl (C=O) groups excluding carboxylic acids is 1. The van der Waals surface area contributed by atoms with E-state index in [-0.39, 0.29) is 17.4 Å². The van der Waals surface area contributed by atoms with Crippen molar-refractivity contribution in [1.82, 2.24) is 9.80 Å². The molecule has 18 heavy (non-hydrogen) atoms. The highest BCUT2D eigenvalue weighted by Crippen LogP contribution is 2.38. The summed E-state index contributed by atoms with van der Waals surface area (Å²) in [6, 6.07) is 0.0405. The van der Waals surface area contributed by atoms with E-state index >= 15 is 0 Å². The van der Waals surface area contributed by atoms with E-state index in [0.717, 1.165) is 38.9 Å². The van der Waals surface area contributed by atoms with Crippen molar-refractivity contribution >= 4 is 5.91 Å². The Morgan fingerprint density at radius 3 is 2.72 bits per heavy atom. The maximum Gasteiger partial charge on any atom is 0.229 e. The van der Waals surface area contributed by atoms with Gasteiger partial charge in [-0.3, -0.25) is 4.79 Å². The van der Waals surface area contributed by atoms with E-state index in [1.807, 2.05) is 18.9 Å². The van der Waals surface area contributed by atoms with Crippen LogP contribution in [0, 0.1) is 11.3 Å². The minimum absolute atomic E-state index is 0.0405. The van der Waals surface area contributed by atoms with Gasteiger partial charge < -0.3 is 15.5 Å². The zero-order valence-corrected chi connectivity index (χ0v) is 12.0. The van der Waals surface area contributed by atoms with Crippen LogP contribution in [0.15, 0.2) is 0 Å². The van der Waals surface area contributed by atoms with Crippen molar-refractivity contribution in [1.29, 1.82) is 0 Å². The lowest BCUT2D eigenvalue weighted by atomic mass is 9.83. The smallest absolute Gasteiger partial charge is 0.229 e. The first-order valence-corrected chi connectivity index (χ1v) is 7.13. The van der Waals surface area contributed by atoms with Crippen LogP contribution in [0.5, 0.6) is 0 Å². The predicted octanol–water partition coefficient (Wildman–Crippen LogP) is 0.914. The molecule has 0 spiro atoms. The topological polar surface area (TPSA) is 49.6 Å². The molecule has 3 atom stereocenters. The van der Waals surface area contributed by atoms with Crippen LogP contribution in [-0.2, 0) is 4.79 Å². The first-order chi connectivity index (χ1) is 8.43. The molecule has 0 bridgehead atoms. The van der Waals surface area contributed by atoms with Crippen LogP contribution >= 0.6 is 0 Å². The molecular formula is C14H27N3O. The molecule has 2 fully saturated rings. The van der Waals surface area contributed by atoms with Crippen LogP contribution in [0.3, 0.4) is 0 Å². The minimum atomic E-state index is -0.320. The third-order valence-electron chi connectivity index (χ3n) is 4.89. The standard InChI is InChI=1S/C14H27N3O/c1-14(7-4-5-12(14)15)13(18)17(3)10-11-6-8-16(2)9-11/h11-12H,4-10,15H2,1-3H3. The van der Waals surface area contributed by atoms with E-state index in [0.29, 0.717) is 5.92 Å². The number of rotatable bonds is 3. The van der Waals surface area contributed by atoms with Gasteiger partial charge in [0.15, 0.2) is 0 Å². The zero-order chi connectivity index (χ0) is 13.3. The molecular weight excluding hydrogens is 226 g/mol. The molecule has 4 heteroatoms. The summed E-state index contributed by atoms with van der Waals surface area (Å²) in [5.74, 6) is 0.882. The first-order valence-electron chi connectivity index (χ1n) is 7.13. The number of amides is 1. The molecule has 3 unspecified atom stereocenters. The molecule has 1 aliphatic carbocycles. The lowest BCUT2D eigenvalue weighted by molar-refractivity contribution is -0.140. The van der Waals surface area contributed by atoms with Crippen LogP contribution in [0.25, 0.3) is 0 Å². The summed E-state index contributed by atoms with van der Waals surface area (Å²) in [6.45, 7) is 5.19. The van der Waals surface area contributed by atoms with Gasteiger partial charge in [0, 0.05) is 26.2 Å². The summed E-state index contributed by atoms with van der Waals surface area (Å²) in [4.78, 5) is 16.8. The highest BCUT2D eigenvalue weighted by atomic mass is 16.2.